The number of benzene rings is 1. The van der Waals surface area contributed by atoms with Crippen LogP contribution in [-0.4, -0.2) is 46.9 Å². The molecule has 164 valence electrons. The van der Waals surface area contributed by atoms with Crippen molar-refractivity contribution in [1.29, 1.82) is 0 Å². The van der Waals surface area contributed by atoms with Gasteiger partial charge in [0.1, 0.15) is 11.6 Å². The summed E-state index contributed by atoms with van der Waals surface area (Å²) in [5.74, 6) is 1.57. The van der Waals surface area contributed by atoms with E-state index >= 15 is 0 Å². The van der Waals surface area contributed by atoms with E-state index < -0.39 is 0 Å². The van der Waals surface area contributed by atoms with Gasteiger partial charge in [0.15, 0.2) is 5.89 Å². The summed E-state index contributed by atoms with van der Waals surface area (Å²) in [6.07, 6.45) is 7.64. The van der Waals surface area contributed by atoms with Crippen molar-refractivity contribution in [1.82, 2.24) is 14.8 Å². The Morgan fingerprint density at radius 2 is 2.03 bits per heavy atom. The Morgan fingerprint density at radius 3 is 2.81 bits per heavy atom. The quantitative estimate of drug-likeness (QED) is 0.713. The lowest BCUT2D eigenvalue weighted by atomic mass is 9.98. The van der Waals surface area contributed by atoms with Gasteiger partial charge in [-0.15, -0.1) is 0 Å². The number of hydrogen-bond donors (Lipinski definition) is 0. The summed E-state index contributed by atoms with van der Waals surface area (Å²) in [4.78, 5) is 21.6. The van der Waals surface area contributed by atoms with Crippen molar-refractivity contribution in [2.45, 2.75) is 46.5 Å². The largest absolute Gasteiger partial charge is 0.446 e. The fraction of sp³-hybridized carbons (Fsp3) is 0.440. The number of nitrogens with zero attached hydrogens (tertiary/aromatic N) is 3. The summed E-state index contributed by atoms with van der Waals surface area (Å²) in [7, 11) is 0. The number of oxazole rings is 1. The number of halogens is 1. The van der Waals surface area contributed by atoms with E-state index in [0.717, 1.165) is 47.6 Å². The van der Waals surface area contributed by atoms with Gasteiger partial charge in [-0.1, -0.05) is 25.5 Å². The number of rotatable bonds is 5. The zero-order valence-corrected chi connectivity index (χ0v) is 18.6. The Balaban J connectivity index is 1.44. The highest BCUT2D eigenvalue weighted by Crippen LogP contribution is 2.27. The number of aromatic nitrogens is 1. The Bertz CT molecular complexity index is 1010. The van der Waals surface area contributed by atoms with Crippen LogP contribution in [0.15, 0.2) is 40.5 Å². The lowest BCUT2D eigenvalue weighted by Crippen LogP contribution is -2.42. The SMILES string of the molecule is CCCC1=CC(c2ccc(F)c(C)c2)=CCN1CC(=O)N1CCc2nc(C)oc2CC1. The first-order valence-corrected chi connectivity index (χ1v) is 11.1. The molecule has 0 fully saturated rings. The number of allylic oxidation sites excluding steroid dienone is 3. The molecule has 1 amide bonds. The molecule has 0 spiro atoms. The van der Waals surface area contributed by atoms with Gasteiger partial charge in [-0.05, 0) is 48.3 Å². The molecule has 0 radical (unpaired) electrons. The lowest BCUT2D eigenvalue weighted by molar-refractivity contribution is -0.131. The van der Waals surface area contributed by atoms with Crippen LogP contribution in [0.5, 0.6) is 0 Å². The average Bonchev–Trinajstić information content (AvgIpc) is 2.99. The molecule has 0 aliphatic carbocycles. The van der Waals surface area contributed by atoms with Crippen LogP contribution < -0.4 is 0 Å². The van der Waals surface area contributed by atoms with Crippen molar-refractivity contribution in [2.75, 3.05) is 26.2 Å². The molecule has 0 bridgehead atoms. The Morgan fingerprint density at radius 1 is 1.23 bits per heavy atom. The minimum atomic E-state index is -0.186. The van der Waals surface area contributed by atoms with Crippen molar-refractivity contribution < 1.29 is 13.6 Å². The normalized spacial score (nSPS) is 16.5. The van der Waals surface area contributed by atoms with E-state index in [9.17, 15) is 9.18 Å². The van der Waals surface area contributed by atoms with E-state index in [1.807, 2.05) is 24.0 Å². The van der Waals surface area contributed by atoms with Crippen molar-refractivity contribution in [2.24, 2.45) is 0 Å². The molecule has 0 atom stereocenters. The highest BCUT2D eigenvalue weighted by molar-refractivity contribution is 5.80. The fourth-order valence-electron chi connectivity index (χ4n) is 4.34. The van der Waals surface area contributed by atoms with Gasteiger partial charge in [0.2, 0.25) is 5.91 Å². The molecular formula is C25H30FN3O2. The maximum atomic E-state index is 13.7. The lowest BCUT2D eigenvalue weighted by Gasteiger charge is -2.32. The van der Waals surface area contributed by atoms with E-state index in [1.54, 1.807) is 6.92 Å². The van der Waals surface area contributed by atoms with Crippen LogP contribution in [0.4, 0.5) is 4.39 Å². The molecule has 1 aromatic carbocycles. The predicted octanol–water partition coefficient (Wildman–Crippen LogP) is 4.44. The maximum absolute atomic E-state index is 13.7. The second-order valence-corrected chi connectivity index (χ2v) is 8.37. The molecule has 0 saturated heterocycles. The maximum Gasteiger partial charge on any atom is 0.242 e. The second-order valence-electron chi connectivity index (χ2n) is 8.37. The summed E-state index contributed by atoms with van der Waals surface area (Å²) in [5, 5.41) is 0. The molecule has 0 saturated carbocycles. The summed E-state index contributed by atoms with van der Waals surface area (Å²) >= 11 is 0. The summed E-state index contributed by atoms with van der Waals surface area (Å²) in [6, 6.07) is 5.23. The third-order valence-corrected chi connectivity index (χ3v) is 6.05. The van der Waals surface area contributed by atoms with Gasteiger partial charge in [-0.25, -0.2) is 9.37 Å². The van der Waals surface area contributed by atoms with Crippen molar-refractivity contribution in [3.8, 4) is 0 Å². The van der Waals surface area contributed by atoms with Crippen LogP contribution in [0.2, 0.25) is 0 Å². The minimum absolute atomic E-state index is 0.137. The van der Waals surface area contributed by atoms with Crippen molar-refractivity contribution in [3.63, 3.8) is 0 Å². The second kappa shape index (κ2) is 9.08. The predicted molar refractivity (Wildman–Crippen MR) is 119 cm³/mol. The van der Waals surface area contributed by atoms with E-state index in [4.69, 9.17) is 4.42 Å². The smallest absolute Gasteiger partial charge is 0.242 e. The standard InChI is InChI=1S/C25H30FN3O2/c1-4-5-21-15-20(19-6-7-22(26)17(2)14-19)8-11-29(21)16-25(30)28-12-9-23-24(10-13-28)31-18(3)27-23/h6-8,14-15H,4-5,9-13,16H2,1-3H3. The van der Waals surface area contributed by atoms with Gasteiger partial charge in [0.05, 0.1) is 12.2 Å². The number of aryl methyl sites for hydroxylation is 2. The molecule has 2 aliphatic heterocycles. The van der Waals surface area contributed by atoms with Crippen LogP contribution in [0.3, 0.4) is 0 Å². The average molecular weight is 424 g/mol. The van der Waals surface area contributed by atoms with Crippen LogP contribution in [0, 0.1) is 19.7 Å². The molecule has 4 rings (SSSR count). The monoisotopic (exact) mass is 423 g/mol. The van der Waals surface area contributed by atoms with E-state index in [2.05, 4.69) is 29.0 Å². The number of carbonyl (C=O) groups is 1. The molecule has 0 unspecified atom stereocenters. The Hall–Kier alpha value is -2.89. The first kappa shape index (κ1) is 21.3. The number of hydrogen-bond acceptors (Lipinski definition) is 4. The van der Waals surface area contributed by atoms with Gasteiger partial charge >= 0.3 is 0 Å². The number of amides is 1. The minimum Gasteiger partial charge on any atom is -0.446 e. The first-order chi connectivity index (χ1) is 14.9. The zero-order chi connectivity index (χ0) is 22.0. The summed E-state index contributed by atoms with van der Waals surface area (Å²) in [6.45, 7) is 8.18. The van der Waals surface area contributed by atoms with Gasteiger partial charge < -0.3 is 14.2 Å². The molecule has 3 heterocycles. The zero-order valence-electron chi connectivity index (χ0n) is 18.6. The van der Waals surface area contributed by atoms with Gasteiger partial charge in [-0.3, -0.25) is 4.79 Å². The van der Waals surface area contributed by atoms with Crippen LogP contribution in [0.1, 0.15) is 48.2 Å². The number of fused-ring (bicyclic) bond motifs is 1. The highest BCUT2D eigenvalue weighted by Gasteiger charge is 2.25. The van der Waals surface area contributed by atoms with Crippen LogP contribution >= 0.6 is 0 Å². The molecule has 0 N–H and O–H groups in total. The topological polar surface area (TPSA) is 49.6 Å². The van der Waals surface area contributed by atoms with E-state index in [1.165, 1.54) is 6.07 Å². The Kier molecular flexibility index (Phi) is 6.25. The molecule has 1 aromatic heterocycles. The highest BCUT2D eigenvalue weighted by atomic mass is 19.1. The van der Waals surface area contributed by atoms with E-state index in [0.29, 0.717) is 44.1 Å². The first-order valence-electron chi connectivity index (χ1n) is 11.1. The van der Waals surface area contributed by atoms with Gasteiger partial charge in [0.25, 0.3) is 0 Å². The Labute approximate surface area is 183 Å². The molecule has 31 heavy (non-hydrogen) atoms. The van der Waals surface area contributed by atoms with Crippen LogP contribution in [0.25, 0.3) is 5.57 Å². The van der Waals surface area contributed by atoms with Crippen LogP contribution in [-0.2, 0) is 17.6 Å². The molecule has 6 heteroatoms. The summed E-state index contributed by atoms with van der Waals surface area (Å²) < 4.78 is 19.3. The van der Waals surface area contributed by atoms with Crippen molar-refractivity contribution in [3.05, 3.63) is 70.3 Å². The van der Waals surface area contributed by atoms with Gasteiger partial charge in [0, 0.05) is 45.1 Å². The molecular weight excluding hydrogens is 393 g/mol. The van der Waals surface area contributed by atoms with Crippen molar-refractivity contribution >= 4 is 11.5 Å². The van der Waals surface area contributed by atoms with E-state index in [-0.39, 0.29) is 11.7 Å². The number of carbonyl (C=O) groups excluding carboxylic acids is 1. The van der Waals surface area contributed by atoms with Gasteiger partial charge in [-0.2, -0.15) is 0 Å². The summed E-state index contributed by atoms with van der Waals surface area (Å²) in [5.41, 5.74) is 4.90. The molecule has 5 nitrogen and oxygen atoms in total. The third kappa shape index (κ3) is 4.73. The fourth-order valence-corrected chi connectivity index (χ4v) is 4.34. The molecule has 2 aromatic rings. The molecule has 2 aliphatic rings. The third-order valence-electron chi connectivity index (χ3n) is 6.05.